The zero-order valence-electron chi connectivity index (χ0n) is 10.4. The van der Waals surface area contributed by atoms with Crippen molar-refractivity contribution in [3.8, 4) is 0 Å². The highest BCUT2D eigenvalue weighted by atomic mass is 16.5. The highest BCUT2D eigenvalue weighted by Gasteiger charge is 2.05. The van der Waals surface area contributed by atoms with Gasteiger partial charge in [0.15, 0.2) is 0 Å². The molecule has 0 bridgehead atoms. The highest BCUT2D eigenvalue weighted by Crippen LogP contribution is 2.06. The van der Waals surface area contributed by atoms with Crippen LogP contribution in [0.1, 0.15) is 23.7 Å². The van der Waals surface area contributed by atoms with Crippen molar-refractivity contribution >= 4 is 11.4 Å². The Morgan fingerprint density at radius 3 is 3.28 bits per heavy atom. The van der Waals surface area contributed by atoms with Crippen molar-refractivity contribution in [3.05, 3.63) is 36.4 Å². The number of amides is 1. The third kappa shape index (κ3) is 3.07. The summed E-state index contributed by atoms with van der Waals surface area (Å²) in [7, 11) is 0. The zero-order valence-corrected chi connectivity index (χ0v) is 10.4. The molecule has 96 valence electrons. The largest absolute Gasteiger partial charge is 0.382 e. The van der Waals surface area contributed by atoms with Crippen LogP contribution in [0, 0.1) is 0 Å². The van der Waals surface area contributed by atoms with E-state index in [9.17, 15) is 4.79 Å². The lowest BCUT2D eigenvalue weighted by Crippen LogP contribution is -2.25. The van der Waals surface area contributed by atoms with E-state index in [1.165, 1.54) is 0 Å². The molecule has 2 heterocycles. The van der Waals surface area contributed by atoms with E-state index in [-0.39, 0.29) is 5.91 Å². The average Bonchev–Trinajstić information content (AvgIpc) is 2.85. The van der Waals surface area contributed by atoms with E-state index in [2.05, 4.69) is 10.3 Å². The minimum absolute atomic E-state index is 0.0600. The van der Waals surface area contributed by atoms with Gasteiger partial charge in [0.05, 0.1) is 18.0 Å². The Balaban J connectivity index is 1.88. The number of aromatic nitrogens is 2. The predicted octanol–water partition coefficient (Wildman–Crippen LogP) is 1.49. The van der Waals surface area contributed by atoms with Gasteiger partial charge in [-0.3, -0.25) is 4.79 Å². The quantitative estimate of drug-likeness (QED) is 0.787. The molecule has 1 amide bonds. The van der Waals surface area contributed by atoms with Crippen molar-refractivity contribution in [1.29, 1.82) is 0 Å². The number of rotatable bonds is 6. The summed E-state index contributed by atoms with van der Waals surface area (Å²) in [6.45, 7) is 3.98. The number of nitrogens with zero attached hydrogens (tertiary/aromatic N) is 2. The molecule has 0 aliphatic carbocycles. The molecule has 5 heteroatoms. The summed E-state index contributed by atoms with van der Waals surface area (Å²) in [5.74, 6) is -0.0600. The molecule has 18 heavy (non-hydrogen) atoms. The Bertz CT molecular complexity index is 522. The Morgan fingerprint density at radius 1 is 1.56 bits per heavy atom. The Labute approximate surface area is 106 Å². The van der Waals surface area contributed by atoms with Crippen molar-refractivity contribution < 1.29 is 9.53 Å². The molecular weight excluding hydrogens is 230 g/mol. The lowest BCUT2D eigenvalue weighted by atomic mass is 10.2. The normalized spacial score (nSPS) is 10.7. The number of pyridine rings is 1. The molecule has 0 aromatic carbocycles. The molecule has 2 aromatic heterocycles. The summed E-state index contributed by atoms with van der Waals surface area (Å²) in [5.41, 5.74) is 1.57. The van der Waals surface area contributed by atoms with E-state index < -0.39 is 0 Å². The molecule has 1 N–H and O–H groups in total. The third-order valence-corrected chi connectivity index (χ3v) is 2.63. The minimum Gasteiger partial charge on any atom is -0.382 e. The first-order valence-corrected chi connectivity index (χ1v) is 6.09. The number of nitrogens with one attached hydrogen (secondary N) is 1. The summed E-state index contributed by atoms with van der Waals surface area (Å²) >= 11 is 0. The number of hydrogen-bond donors (Lipinski definition) is 1. The summed E-state index contributed by atoms with van der Waals surface area (Å²) in [5, 5.41) is 2.87. The van der Waals surface area contributed by atoms with E-state index in [0.29, 0.717) is 25.3 Å². The van der Waals surface area contributed by atoms with Gasteiger partial charge in [0.2, 0.25) is 0 Å². The molecule has 0 fully saturated rings. The second kappa shape index (κ2) is 6.16. The number of ether oxygens (including phenoxy) is 1. The van der Waals surface area contributed by atoms with Gasteiger partial charge in [-0.25, -0.2) is 4.98 Å². The molecular formula is C13H17N3O2. The van der Waals surface area contributed by atoms with Crippen LogP contribution in [-0.4, -0.2) is 35.1 Å². The van der Waals surface area contributed by atoms with Gasteiger partial charge in [-0.1, -0.05) is 0 Å². The van der Waals surface area contributed by atoms with E-state index in [4.69, 9.17) is 4.74 Å². The first-order valence-electron chi connectivity index (χ1n) is 6.09. The second-order valence-electron chi connectivity index (χ2n) is 3.95. The average molecular weight is 247 g/mol. The molecule has 0 spiro atoms. The van der Waals surface area contributed by atoms with E-state index >= 15 is 0 Å². The standard InChI is InChI=1S/C13H17N3O2/c1-2-18-7-3-5-15-13(17)11-4-6-16-10-14-9-12(16)8-11/h4,6,8-10H,2-3,5,7H2,1H3,(H,15,17). The molecule has 0 saturated heterocycles. The maximum absolute atomic E-state index is 11.9. The molecule has 0 atom stereocenters. The van der Waals surface area contributed by atoms with Gasteiger partial charge in [-0.2, -0.15) is 0 Å². The molecule has 0 aliphatic rings. The van der Waals surface area contributed by atoms with Crippen LogP contribution in [0.15, 0.2) is 30.9 Å². The fraction of sp³-hybridized carbons (Fsp3) is 0.385. The van der Waals surface area contributed by atoms with E-state index in [1.54, 1.807) is 18.6 Å². The first kappa shape index (κ1) is 12.6. The maximum Gasteiger partial charge on any atom is 0.251 e. The Kier molecular flexibility index (Phi) is 4.30. The van der Waals surface area contributed by atoms with Gasteiger partial charge in [0.25, 0.3) is 5.91 Å². The Morgan fingerprint density at radius 2 is 2.44 bits per heavy atom. The number of carbonyl (C=O) groups is 1. The van der Waals surface area contributed by atoms with Crippen LogP contribution in [0.25, 0.3) is 5.52 Å². The van der Waals surface area contributed by atoms with Gasteiger partial charge in [-0.15, -0.1) is 0 Å². The SMILES string of the molecule is CCOCCCNC(=O)c1ccn2cncc2c1. The number of carbonyl (C=O) groups excluding carboxylic acids is 1. The maximum atomic E-state index is 11.9. The van der Waals surface area contributed by atoms with Crippen LogP contribution in [0.2, 0.25) is 0 Å². The van der Waals surface area contributed by atoms with Gasteiger partial charge >= 0.3 is 0 Å². The highest BCUT2D eigenvalue weighted by molar-refractivity contribution is 5.95. The monoisotopic (exact) mass is 247 g/mol. The van der Waals surface area contributed by atoms with E-state index in [0.717, 1.165) is 11.9 Å². The molecule has 2 aromatic rings. The summed E-state index contributed by atoms with van der Waals surface area (Å²) < 4.78 is 7.07. The van der Waals surface area contributed by atoms with Crippen molar-refractivity contribution in [2.45, 2.75) is 13.3 Å². The Hall–Kier alpha value is -1.88. The predicted molar refractivity (Wildman–Crippen MR) is 68.6 cm³/mol. The molecule has 0 saturated carbocycles. The molecule has 0 radical (unpaired) electrons. The lowest BCUT2D eigenvalue weighted by molar-refractivity contribution is 0.0944. The van der Waals surface area contributed by atoms with E-state index in [1.807, 2.05) is 23.6 Å². The van der Waals surface area contributed by atoms with Crippen molar-refractivity contribution in [2.75, 3.05) is 19.8 Å². The van der Waals surface area contributed by atoms with Crippen LogP contribution in [0.5, 0.6) is 0 Å². The van der Waals surface area contributed by atoms with Crippen molar-refractivity contribution in [1.82, 2.24) is 14.7 Å². The fourth-order valence-electron chi connectivity index (χ4n) is 1.68. The summed E-state index contributed by atoms with van der Waals surface area (Å²) in [6, 6.07) is 3.61. The van der Waals surface area contributed by atoms with Crippen molar-refractivity contribution in [3.63, 3.8) is 0 Å². The van der Waals surface area contributed by atoms with Gasteiger partial charge < -0.3 is 14.5 Å². The number of fused-ring (bicyclic) bond motifs is 1. The molecule has 0 aliphatic heterocycles. The zero-order chi connectivity index (χ0) is 12.8. The summed E-state index contributed by atoms with van der Waals surface area (Å²) in [4.78, 5) is 15.9. The number of imidazole rings is 1. The smallest absolute Gasteiger partial charge is 0.251 e. The first-order chi connectivity index (χ1) is 8.81. The minimum atomic E-state index is -0.0600. The third-order valence-electron chi connectivity index (χ3n) is 2.63. The van der Waals surface area contributed by atoms with Gasteiger partial charge in [0, 0.05) is 31.5 Å². The van der Waals surface area contributed by atoms with Gasteiger partial charge in [-0.05, 0) is 25.5 Å². The van der Waals surface area contributed by atoms with Crippen LogP contribution in [0.3, 0.4) is 0 Å². The van der Waals surface area contributed by atoms with Crippen LogP contribution < -0.4 is 5.32 Å². The number of hydrogen-bond acceptors (Lipinski definition) is 3. The lowest BCUT2D eigenvalue weighted by Gasteiger charge is -2.05. The molecule has 5 nitrogen and oxygen atoms in total. The second-order valence-corrected chi connectivity index (χ2v) is 3.95. The topological polar surface area (TPSA) is 55.6 Å². The van der Waals surface area contributed by atoms with Crippen LogP contribution in [-0.2, 0) is 4.74 Å². The fourth-order valence-corrected chi connectivity index (χ4v) is 1.68. The van der Waals surface area contributed by atoms with Crippen LogP contribution in [0.4, 0.5) is 0 Å². The van der Waals surface area contributed by atoms with Crippen LogP contribution >= 0.6 is 0 Å². The summed E-state index contributed by atoms with van der Waals surface area (Å²) in [6.07, 6.45) is 6.09. The van der Waals surface area contributed by atoms with Crippen molar-refractivity contribution in [2.24, 2.45) is 0 Å². The molecule has 0 unspecified atom stereocenters. The van der Waals surface area contributed by atoms with Gasteiger partial charge in [0.1, 0.15) is 0 Å². The molecule has 2 rings (SSSR count).